The molecule has 98 valence electrons. The summed E-state index contributed by atoms with van der Waals surface area (Å²) in [5, 5.41) is 11.3. The van der Waals surface area contributed by atoms with Crippen LogP contribution in [-0.4, -0.2) is 46.7 Å². The maximum atomic E-state index is 11.8. The largest absolute Gasteiger partial charge is 0.480 e. The Morgan fingerprint density at radius 1 is 1.53 bits per heavy atom. The lowest BCUT2D eigenvalue weighted by molar-refractivity contribution is -0.138. The molecule has 6 nitrogen and oxygen atoms in total. The zero-order valence-corrected chi connectivity index (χ0v) is 10.4. The van der Waals surface area contributed by atoms with E-state index in [9.17, 15) is 9.59 Å². The van der Waals surface area contributed by atoms with Gasteiger partial charge in [-0.25, -0.2) is 4.79 Å². The number of carboxylic acids is 1. The fourth-order valence-corrected chi connectivity index (χ4v) is 2.04. The minimum atomic E-state index is -1.04. The Kier molecular flexibility index (Phi) is 4.34. The molecular formula is C11H21N3O3. The molecule has 1 rings (SSSR count). The molecule has 0 aliphatic carbocycles. The van der Waals surface area contributed by atoms with Gasteiger partial charge in [0.1, 0.15) is 6.04 Å². The second-order valence-electron chi connectivity index (χ2n) is 5.03. The Morgan fingerprint density at radius 3 is 2.65 bits per heavy atom. The van der Waals surface area contributed by atoms with Crippen molar-refractivity contribution in [2.45, 2.75) is 44.7 Å². The molecule has 0 saturated carbocycles. The molecule has 6 heteroatoms. The van der Waals surface area contributed by atoms with E-state index < -0.39 is 12.0 Å². The van der Waals surface area contributed by atoms with Crippen LogP contribution in [-0.2, 0) is 4.79 Å². The zero-order valence-electron chi connectivity index (χ0n) is 10.4. The number of urea groups is 1. The summed E-state index contributed by atoms with van der Waals surface area (Å²) < 4.78 is 0. The summed E-state index contributed by atoms with van der Waals surface area (Å²) in [7, 11) is 0. The van der Waals surface area contributed by atoms with Crippen LogP contribution < -0.4 is 11.1 Å². The van der Waals surface area contributed by atoms with Gasteiger partial charge in [-0.2, -0.15) is 0 Å². The number of carboxylic acid groups (broad SMARTS) is 1. The number of likely N-dealkylation sites (tertiary alicyclic amines) is 1. The average molecular weight is 243 g/mol. The number of hydrogen-bond donors (Lipinski definition) is 3. The number of nitrogens with one attached hydrogen (secondary N) is 1. The van der Waals surface area contributed by atoms with Gasteiger partial charge in [0.15, 0.2) is 0 Å². The van der Waals surface area contributed by atoms with E-state index in [2.05, 4.69) is 5.32 Å². The van der Waals surface area contributed by atoms with E-state index in [1.54, 1.807) is 4.90 Å². The molecule has 0 radical (unpaired) electrons. The monoisotopic (exact) mass is 243 g/mol. The molecule has 1 unspecified atom stereocenters. The zero-order chi connectivity index (χ0) is 13.1. The topological polar surface area (TPSA) is 95.7 Å². The van der Waals surface area contributed by atoms with Gasteiger partial charge in [0.25, 0.3) is 0 Å². The maximum absolute atomic E-state index is 11.8. The van der Waals surface area contributed by atoms with Gasteiger partial charge in [-0.15, -0.1) is 0 Å². The fourth-order valence-electron chi connectivity index (χ4n) is 2.04. The predicted octanol–water partition coefficient (Wildman–Crippen LogP) is 0.372. The number of amides is 2. The molecule has 17 heavy (non-hydrogen) atoms. The molecule has 0 aromatic rings. The minimum absolute atomic E-state index is 0.112. The average Bonchev–Trinajstić information content (AvgIpc) is 2.57. The molecular weight excluding hydrogens is 222 g/mol. The number of carbonyl (C=O) groups excluding carboxylic acids is 1. The molecule has 1 aliphatic rings. The summed E-state index contributed by atoms with van der Waals surface area (Å²) in [5.74, 6) is -1.04. The standard InChI is InChI=1S/C11H21N3O3/c1-11(2)5-3-7-14(11)10(17)13-6-4-8(12)9(15)16/h8H,3-7,12H2,1-2H3,(H,13,17)(H,15,16). The third kappa shape index (κ3) is 3.59. The first kappa shape index (κ1) is 13.8. The predicted molar refractivity (Wildman–Crippen MR) is 63.6 cm³/mol. The van der Waals surface area contributed by atoms with Crippen molar-refractivity contribution in [2.24, 2.45) is 5.73 Å². The third-order valence-corrected chi connectivity index (χ3v) is 3.19. The molecule has 1 fully saturated rings. The summed E-state index contributed by atoms with van der Waals surface area (Å²) in [6, 6.07) is -1.05. The number of rotatable bonds is 4. The minimum Gasteiger partial charge on any atom is -0.480 e. The first-order chi connectivity index (χ1) is 7.84. The summed E-state index contributed by atoms with van der Waals surface area (Å²) in [5.41, 5.74) is 5.23. The molecule has 0 spiro atoms. The van der Waals surface area contributed by atoms with Crippen molar-refractivity contribution >= 4 is 12.0 Å². The quantitative estimate of drug-likeness (QED) is 0.664. The van der Waals surface area contributed by atoms with Gasteiger partial charge in [0.2, 0.25) is 0 Å². The van der Waals surface area contributed by atoms with Crippen LogP contribution in [0.4, 0.5) is 4.79 Å². The number of carbonyl (C=O) groups is 2. The first-order valence-electron chi connectivity index (χ1n) is 5.88. The van der Waals surface area contributed by atoms with Crippen LogP contribution in [0.1, 0.15) is 33.1 Å². The Balaban J connectivity index is 2.33. The van der Waals surface area contributed by atoms with Crippen molar-refractivity contribution in [1.29, 1.82) is 0 Å². The number of aliphatic carboxylic acids is 1. The summed E-state index contributed by atoms with van der Waals surface area (Å²) >= 11 is 0. The van der Waals surface area contributed by atoms with Crippen LogP contribution >= 0.6 is 0 Å². The van der Waals surface area contributed by atoms with Crippen LogP contribution in [0.2, 0.25) is 0 Å². The van der Waals surface area contributed by atoms with E-state index in [0.717, 1.165) is 19.4 Å². The Bertz CT molecular complexity index is 304. The molecule has 2 amide bonds. The lowest BCUT2D eigenvalue weighted by Gasteiger charge is -2.31. The Morgan fingerprint density at radius 2 is 2.18 bits per heavy atom. The van der Waals surface area contributed by atoms with Crippen molar-refractivity contribution in [1.82, 2.24) is 10.2 Å². The summed E-state index contributed by atoms with van der Waals surface area (Å²) in [6.07, 6.45) is 2.25. The van der Waals surface area contributed by atoms with Crippen LogP contribution in [0.5, 0.6) is 0 Å². The second-order valence-corrected chi connectivity index (χ2v) is 5.03. The SMILES string of the molecule is CC1(C)CCCN1C(=O)NCCC(N)C(=O)O. The molecule has 1 saturated heterocycles. The number of nitrogens with zero attached hydrogens (tertiary/aromatic N) is 1. The van der Waals surface area contributed by atoms with Crippen molar-refractivity contribution in [3.8, 4) is 0 Å². The Labute approximate surface area is 101 Å². The molecule has 0 aromatic carbocycles. The van der Waals surface area contributed by atoms with E-state index in [-0.39, 0.29) is 18.0 Å². The highest BCUT2D eigenvalue weighted by atomic mass is 16.4. The van der Waals surface area contributed by atoms with Crippen LogP contribution in [0.15, 0.2) is 0 Å². The van der Waals surface area contributed by atoms with Crippen molar-refractivity contribution in [2.75, 3.05) is 13.1 Å². The van der Waals surface area contributed by atoms with E-state index >= 15 is 0 Å². The lowest BCUT2D eigenvalue weighted by atomic mass is 10.0. The number of hydrogen-bond acceptors (Lipinski definition) is 3. The van der Waals surface area contributed by atoms with Crippen molar-refractivity contribution in [3.63, 3.8) is 0 Å². The maximum Gasteiger partial charge on any atom is 0.320 e. The summed E-state index contributed by atoms with van der Waals surface area (Å²) in [4.78, 5) is 24.1. The van der Waals surface area contributed by atoms with Crippen LogP contribution in [0.25, 0.3) is 0 Å². The molecule has 1 heterocycles. The van der Waals surface area contributed by atoms with E-state index in [4.69, 9.17) is 10.8 Å². The highest BCUT2D eigenvalue weighted by Crippen LogP contribution is 2.27. The van der Waals surface area contributed by atoms with Crippen LogP contribution in [0, 0.1) is 0 Å². The Hall–Kier alpha value is -1.30. The van der Waals surface area contributed by atoms with Crippen molar-refractivity contribution in [3.05, 3.63) is 0 Å². The van der Waals surface area contributed by atoms with Gasteiger partial charge in [0.05, 0.1) is 0 Å². The fraction of sp³-hybridized carbons (Fsp3) is 0.818. The van der Waals surface area contributed by atoms with Gasteiger partial charge in [0, 0.05) is 18.6 Å². The smallest absolute Gasteiger partial charge is 0.320 e. The molecule has 4 N–H and O–H groups in total. The van der Waals surface area contributed by atoms with E-state index in [1.807, 2.05) is 13.8 Å². The molecule has 1 atom stereocenters. The highest BCUT2D eigenvalue weighted by molar-refractivity contribution is 5.76. The van der Waals surface area contributed by atoms with Gasteiger partial charge in [-0.05, 0) is 33.1 Å². The van der Waals surface area contributed by atoms with Gasteiger partial charge in [-0.1, -0.05) is 0 Å². The highest BCUT2D eigenvalue weighted by Gasteiger charge is 2.35. The van der Waals surface area contributed by atoms with E-state index in [1.165, 1.54) is 0 Å². The lowest BCUT2D eigenvalue weighted by Crippen LogP contribution is -2.48. The normalized spacial score (nSPS) is 20.1. The van der Waals surface area contributed by atoms with Gasteiger partial charge < -0.3 is 21.1 Å². The second kappa shape index (κ2) is 5.35. The third-order valence-electron chi connectivity index (χ3n) is 3.19. The molecule has 0 bridgehead atoms. The first-order valence-corrected chi connectivity index (χ1v) is 5.88. The van der Waals surface area contributed by atoms with Gasteiger partial charge >= 0.3 is 12.0 Å². The van der Waals surface area contributed by atoms with Gasteiger partial charge in [-0.3, -0.25) is 4.79 Å². The van der Waals surface area contributed by atoms with Crippen LogP contribution in [0.3, 0.4) is 0 Å². The summed E-state index contributed by atoms with van der Waals surface area (Å²) in [6.45, 7) is 5.10. The molecule has 1 aliphatic heterocycles. The number of nitrogens with two attached hydrogens (primary N) is 1. The molecule has 0 aromatic heterocycles. The van der Waals surface area contributed by atoms with E-state index in [0.29, 0.717) is 6.54 Å². The van der Waals surface area contributed by atoms with Crippen molar-refractivity contribution < 1.29 is 14.7 Å².